The smallest absolute Gasteiger partial charge is 0.330 e. The maximum atomic E-state index is 11.8. The Hall–Kier alpha value is -5.90. The SMILES string of the molecule is OC1=C(O)C(O)=C2C(c3c(I)c(I)c(-c4oooc5c(O)c(O)c(O)oc4-5)c(I)c3I)=c3c(O)c(O)c(O)c(O)c3=C(c3c(O)c(O)c4c(O)c(O)c(O)c(O)c4c3O)C2O1. The molecule has 1 atom stereocenters. The maximum absolute atomic E-state index is 11.8. The second-order valence-electron chi connectivity index (χ2n) is 12.7. The van der Waals surface area contributed by atoms with Crippen molar-refractivity contribution in [1.29, 1.82) is 0 Å². The zero-order valence-electron chi connectivity index (χ0n) is 28.7. The van der Waals surface area contributed by atoms with Crippen LogP contribution in [0.15, 0.2) is 41.3 Å². The van der Waals surface area contributed by atoms with Gasteiger partial charge in [0.2, 0.25) is 51.8 Å². The normalized spacial score (nSPS) is 15.1. The quantitative estimate of drug-likeness (QED) is 0.0351. The molecule has 0 saturated carbocycles. The molecule has 3 aliphatic heterocycles. The first-order valence-electron chi connectivity index (χ1n) is 16.0. The number of benzene rings is 4. The zero-order chi connectivity index (χ0) is 44.7. The highest BCUT2D eigenvalue weighted by Crippen LogP contribution is 2.60. The summed E-state index contributed by atoms with van der Waals surface area (Å²) in [4.78, 5) is 0. The minimum Gasteiger partial charge on any atom is -0.506 e. The van der Waals surface area contributed by atoms with Crippen molar-refractivity contribution >= 4 is 112 Å². The van der Waals surface area contributed by atoms with Gasteiger partial charge in [0, 0.05) is 41.4 Å². The van der Waals surface area contributed by atoms with E-state index in [9.17, 15) is 86.8 Å². The number of hydrogen-bond donors (Lipinski definition) is 17. The molecule has 0 amide bonds. The first-order valence-corrected chi connectivity index (χ1v) is 20.3. The molecule has 0 spiro atoms. The summed E-state index contributed by atoms with van der Waals surface area (Å²) in [7, 11) is 0. The summed E-state index contributed by atoms with van der Waals surface area (Å²) in [6.07, 6.45) is -2.23. The van der Waals surface area contributed by atoms with Crippen LogP contribution in [0.3, 0.4) is 0 Å². The molecule has 22 nitrogen and oxygen atoms in total. The number of halogens is 4. The van der Waals surface area contributed by atoms with Crippen LogP contribution in [-0.2, 0) is 4.74 Å². The Morgan fingerprint density at radius 3 is 1.43 bits per heavy atom. The Bertz CT molecular complexity index is 3220. The number of hydrogen-bond acceptors (Lipinski definition) is 22. The summed E-state index contributed by atoms with van der Waals surface area (Å²) < 4.78 is 26.2. The van der Waals surface area contributed by atoms with Crippen molar-refractivity contribution in [3.63, 3.8) is 0 Å². The second-order valence-corrected chi connectivity index (χ2v) is 17.1. The Morgan fingerprint density at radius 2 is 0.852 bits per heavy atom. The first-order chi connectivity index (χ1) is 28.6. The van der Waals surface area contributed by atoms with Gasteiger partial charge in [-0.2, -0.15) is 0 Å². The summed E-state index contributed by atoms with van der Waals surface area (Å²) in [6.45, 7) is 0. The lowest BCUT2D eigenvalue weighted by Crippen LogP contribution is -2.43. The number of rotatable bonds is 3. The van der Waals surface area contributed by atoms with E-state index in [0.29, 0.717) is 0 Å². The molecule has 8 rings (SSSR count). The molecule has 61 heavy (non-hydrogen) atoms. The highest BCUT2D eigenvalue weighted by molar-refractivity contribution is 14.1. The zero-order valence-corrected chi connectivity index (χ0v) is 37.4. The van der Waals surface area contributed by atoms with Gasteiger partial charge in [-0.15, -0.1) is 0 Å². The maximum Gasteiger partial charge on any atom is 0.330 e. The van der Waals surface area contributed by atoms with E-state index in [1.165, 1.54) is 0 Å². The van der Waals surface area contributed by atoms with E-state index in [1.54, 1.807) is 90.4 Å². The summed E-state index contributed by atoms with van der Waals surface area (Å²) >= 11 is 7.13. The van der Waals surface area contributed by atoms with Crippen LogP contribution in [0.2, 0.25) is 0 Å². The number of phenols is 11. The van der Waals surface area contributed by atoms with Crippen LogP contribution in [0.25, 0.3) is 44.8 Å². The van der Waals surface area contributed by atoms with Crippen molar-refractivity contribution in [1.82, 2.24) is 0 Å². The molecule has 4 aromatic carbocycles. The van der Waals surface area contributed by atoms with Crippen molar-refractivity contribution in [2.24, 2.45) is 0 Å². The number of aromatic hydroxyl groups is 14. The van der Waals surface area contributed by atoms with Gasteiger partial charge in [0.05, 0.1) is 27.5 Å². The van der Waals surface area contributed by atoms with Gasteiger partial charge in [-0.25, -0.2) is 9.15 Å². The summed E-state index contributed by atoms with van der Waals surface area (Å²) in [5.41, 5.74) is -3.16. The lowest BCUT2D eigenvalue weighted by atomic mass is 9.77. The minimum absolute atomic E-state index is 0.0666. The van der Waals surface area contributed by atoms with Crippen LogP contribution in [-0.4, -0.2) is 92.9 Å². The molecule has 4 aliphatic rings. The van der Waals surface area contributed by atoms with Gasteiger partial charge >= 0.3 is 11.9 Å². The van der Waals surface area contributed by atoms with Crippen molar-refractivity contribution in [3.05, 3.63) is 58.9 Å². The summed E-state index contributed by atoms with van der Waals surface area (Å²) in [5, 5.41) is 182. The summed E-state index contributed by atoms with van der Waals surface area (Å²) in [5.74, 6) is -24.1. The van der Waals surface area contributed by atoms with Crippen LogP contribution in [0.5, 0.6) is 80.7 Å². The molecule has 318 valence electrons. The molecule has 4 aromatic rings. The van der Waals surface area contributed by atoms with Gasteiger partial charge in [0.15, 0.2) is 46.4 Å². The third-order valence-corrected chi connectivity index (χ3v) is 16.1. The minimum atomic E-state index is -2.23. The predicted molar refractivity (Wildman–Crippen MR) is 231 cm³/mol. The fraction of sp³-hybridized carbons (Fsp3) is 0.0286. The van der Waals surface area contributed by atoms with E-state index in [4.69, 9.17) is 23.0 Å². The van der Waals surface area contributed by atoms with Crippen LogP contribution < -0.4 is 10.4 Å². The Kier molecular flexibility index (Phi) is 9.65. The van der Waals surface area contributed by atoms with Crippen LogP contribution in [0, 0.1) is 14.3 Å². The topological polar surface area (TPSA) is 406 Å². The fourth-order valence-corrected chi connectivity index (χ4v) is 11.2. The van der Waals surface area contributed by atoms with Gasteiger partial charge in [-0.3, -0.25) is 0 Å². The fourth-order valence-electron chi connectivity index (χ4n) is 6.97. The molecule has 26 heteroatoms. The highest BCUT2D eigenvalue weighted by Gasteiger charge is 2.46. The van der Waals surface area contributed by atoms with Gasteiger partial charge < -0.3 is 96.0 Å². The highest BCUT2D eigenvalue weighted by atomic mass is 127. The van der Waals surface area contributed by atoms with E-state index < -0.39 is 159 Å². The third kappa shape index (κ3) is 5.45. The largest absolute Gasteiger partial charge is 0.506 e. The second kappa shape index (κ2) is 14.1. The molecule has 3 heterocycles. The van der Waals surface area contributed by atoms with Crippen LogP contribution in [0.1, 0.15) is 11.1 Å². The number of fused-ring (bicyclic) bond motifs is 4. The molecule has 0 bridgehead atoms. The van der Waals surface area contributed by atoms with Crippen molar-refractivity contribution in [2.75, 3.05) is 0 Å². The van der Waals surface area contributed by atoms with Crippen LogP contribution in [0.4, 0.5) is 0 Å². The molecule has 0 saturated heterocycles. The van der Waals surface area contributed by atoms with Gasteiger partial charge in [0.1, 0.15) is 5.75 Å². The number of ether oxygens (including phenoxy) is 1. The molecular formula is C35H18I4O22. The third-order valence-electron chi connectivity index (χ3n) is 9.69. The van der Waals surface area contributed by atoms with Crippen LogP contribution >= 0.6 is 90.4 Å². The lowest BCUT2D eigenvalue weighted by molar-refractivity contribution is -0.178. The summed E-state index contributed by atoms with van der Waals surface area (Å²) in [6, 6.07) is 0. The molecule has 17 N–H and O–H groups in total. The van der Waals surface area contributed by atoms with Gasteiger partial charge in [-0.05, 0) is 90.4 Å². The van der Waals surface area contributed by atoms with Crippen molar-refractivity contribution in [2.45, 2.75) is 6.10 Å². The number of aliphatic hydroxyl groups is 3. The Labute approximate surface area is 387 Å². The molecule has 1 unspecified atom stereocenters. The average molecular weight is 1300 g/mol. The molecule has 1 aliphatic carbocycles. The Morgan fingerprint density at radius 1 is 0.377 bits per heavy atom. The van der Waals surface area contributed by atoms with E-state index in [1.807, 2.05) is 0 Å². The van der Waals surface area contributed by atoms with Gasteiger partial charge in [-0.1, -0.05) is 4.74 Å². The van der Waals surface area contributed by atoms with E-state index in [-0.39, 0.29) is 31.2 Å². The first kappa shape index (κ1) is 41.8. The van der Waals surface area contributed by atoms with E-state index in [0.717, 1.165) is 0 Å². The Balaban J connectivity index is 1.63. The molecule has 0 aromatic heterocycles. The van der Waals surface area contributed by atoms with E-state index >= 15 is 0 Å². The molecule has 0 fully saturated rings. The van der Waals surface area contributed by atoms with Crippen molar-refractivity contribution in [3.8, 4) is 104 Å². The average Bonchev–Trinajstić information content (AvgIpc) is 3.22. The molecule has 0 radical (unpaired) electrons. The standard InChI is InChI=1S/C35H18I4O22/c36-11-5(12(37)14(39)10(13(11)38)31-33-32(60-61-59-31)27(52)29(54)35(56)58-33)1-2-3(17(42)24(49)23(48)16(2)41)4(30-9(1)22(47)28(53)34(55)57-30)6-15(40)7-8(19(44)18(6)43)21(46)26(51)25(50)20(7)45/h30,40-56H. The number of phenolic OH excluding ortho intramolecular Hbond substituents is 11. The van der Waals surface area contributed by atoms with Gasteiger partial charge in [0.25, 0.3) is 5.76 Å². The predicted octanol–water partition coefficient (Wildman–Crippen LogP) is 5.31. The van der Waals surface area contributed by atoms with Crippen molar-refractivity contribution < 1.29 is 110 Å². The lowest BCUT2D eigenvalue weighted by Gasteiger charge is -2.34. The molecular weight excluding hydrogens is 1280 g/mol. The monoisotopic (exact) mass is 1300 g/mol. The number of aliphatic hydroxyl groups excluding tert-OH is 3. The van der Waals surface area contributed by atoms with E-state index in [2.05, 4.69) is 0 Å².